The summed E-state index contributed by atoms with van der Waals surface area (Å²) in [7, 11) is 1.63. The van der Waals surface area contributed by atoms with Crippen LogP contribution < -0.4 is 4.74 Å². The van der Waals surface area contributed by atoms with Gasteiger partial charge >= 0.3 is 0 Å². The van der Waals surface area contributed by atoms with Crippen LogP contribution >= 0.6 is 0 Å². The molecule has 1 aromatic rings. The smallest absolute Gasteiger partial charge is 0.236 e. The first-order valence-electron chi connectivity index (χ1n) is 8.90. The molecule has 0 aliphatic carbocycles. The zero-order valence-electron chi connectivity index (χ0n) is 15.5. The quantitative estimate of drug-likeness (QED) is 0.728. The van der Waals surface area contributed by atoms with Crippen molar-refractivity contribution >= 4 is 5.91 Å². The van der Waals surface area contributed by atoms with Crippen molar-refractivity contribution in [1.29, 1.82) is 0 Å². The molecule has 0 bridgehead atoms. The fraction of sp³-hybridized carbons (Fsp3) is 0.632. The van der Waals surface area contributed by atoms with Gasteiger partial charge in [0, 0.05) is 33.3 Å². The third kappa shape index (κ3) is 5.99. The van der Waals surface area contributed by atoms with E-state index >= 15 is 0 Å². The number of benzene rings is 1. The van der Waals surface area contributed by atoms with E-state index in [1.54, 1.807) is 7.11 Å². The minimum atomic E-state index is -0.626. The second-order valence-corrected chi connectivity index (χ2v) is 6.77. The van der Waals surface area contributed by atoms with Crippen LogP contribution in [0, 0.1) is 0 Å². The van der Waals surface area contributed by atoms with Gasteiger partial charge in [0.25, 0.3) is 0 Å². The standard InChI is InChI=1S/C19H30N2O4/c1-15(2)17-6-4-5-7-18(17)25-14-16(22)12-20-8-9-21(10-11-24-3)19(23)13-20/h4-7,15-16,22H,8-14H2,1-3H3. The molecule has 1 atom stereocenters. The molecule has 1 heterocycles. The maximum absolute atomic E-state index is 12.1. The first kappa shape index (κ1) is 19.7. The van der Waals surface area contributed by atoms with E-state index in [1.165, 1.54) is 0 Å². The van der Waals surface area contributed by atoms with Crippen molar-refractivity contribution in [2.45, 2.75) is 25.9 Å². The van der Waals surface area contributed by atoms with Crippen molar-refractivity contribution in [3.63, 3.8) is 0 Å². The number of rotatable bonds is 9. The Morgan fingerprint density at radius 2 is 2.00 bits per heavy atom. The highest BCUT2D eigenvalue weighted by Crippen LogP contribution is 2.25. The summed E-state index contributed by atoms with van der Waals surface area (Å²) in [6, 6.07) is 7.91. The molecule has 0 spiro atoms. The maximum Gasteiger partial charge on any atom is 0.236 e. The van der Waals surface area contributed by atoms with E-state index in [-0.39, 0.29) is 12.5 Å². The van der Waals surface area contributed by atoms with Gasteiger partial charge in [-0.1, -0.05) is 32.0 Å². The highest BCUT2D eigenvalue weighted by atomic mass is 16.5. The number of hydrogen-bond acceptors (Lipinski definition) is 5. The molecule has 1 aliphatic rings. The Labute approximate surface area is 150 Å². The molecule has 1 aromatic carbocycles. The Balaban J connectivity index is 1.78. The SMILES string of the molecule is COCCN1CCN(CC(O)COc2ccccc2C(C)C)CC1=O. The zero-order chi connectivity index (χ0) is 18.2. The Bertz CT molecular complexity index is 550. The molecule has 1 saturated heterocycles. The van der Waals surface area contributed by atoms with Crippen LogP contribution in [0.2, 0.25) is 0 Å². The minimum absolute atomic E-state index is 0.0848. The van der Waals surface area contributed by atoms with Gasteiger partial charge in [0.05, 0.1) is 13.2 Å². The molecule has 25 heavy (non-hydrogen) atoms. The average Bonchev–Trinajstić information content (AvgIpc) is 2.59. The van der Waals surface area contributed by atoms with E-state index in [1.807, 2.05) is 34.1 Å². The number of ether oxygens (including phenoxy) is 2. The van der Waals surface area contributed by atoms with Gasteiger partial charge in [-0.15, -0.1) is 0 Å². The molecule has 140 valence electrons. The molecule has 1 fully saturated rings. The summed E-state index contributed by atoms with van der Waals surface area (Å²) in [6.07, 6.45) is -0.626. The lowest BCUT2D eigenvalue weighted by Crippen LogP contribution is -2.53. The summed E-state index contributed by atoms with van der Waals surface area (Å²) in [4.78, 5) is 15.9. The summed E-state index contributed by atoms with van der Waals surface area (Å²) in [6.45, 7) is 7.85. The van der Waals surface area contributed by atoms with Gasteiger partial charge in [-0.25, -0.2) is 0 Å². The molecule has 0 radical (unpaired) electrons. The summed E-state index contributed by atoms with van der Waals surface area (Å²) >= 11 is 0. The molecular formula is C19H30N2O4. The molecular weight excluding hydrogens is 320 g/mol. The third-order valence-electron chi connectivity index (χ3n) is 4.40. The van der Waals surface area contributed by atoms with Gasteiger partial charge in [-0.3, -0.25) is 9.69 Å². The second-order valence-electron chi connectivity index (χ2n) is 6.77. The highest BCUT2D eigenvalue weighted by Gasteiger charge is 2.25. The maximum atomic E-state index is 12.1. The number of β-amino-alcohol motifs (C(OH)–C–C–N with tert-alkyl or cyclic N) is 1. The number of aliphatic hydroxyl groups is 1. The van der Waals surface area contributed by atoms with Crippen molar-refractivity contribution in [3.05, 3.63) is 29.8 Å². The molecule has 0 saturated carbocycles. The van der Waals surface area contributed by atoms with E-state index in [4.69, 9.17) is 9.47 Å². The van der Waals surface area contributed by atoms with Crippen LogP contribution in [0.3, 0.4) is 0 Å². The zero-order valence-corrected chi connectivity index (χ0v) is 15.5. The van der Waals surface area contributed by atoms with E-state index in [9.17, 15) is 9.90 Å². The number of aliphatic hydroxyl groups excluding tert-OH is 1. The van der Waals surface area contributed by atoms with Gasteiger partial charge in [0.15, 0.2) is 0 Å². The van der Waals surface area contributed by atoms with Crippen LogP contribution in [0.4, 0.5) is 0 Å². The minimum Gasteiger partial charge on any atom is -0.491 e. The van der Waals surface area contributed by atoms with E-state index in [2.05, 4.69) is 13.8 Å². The summed E-state index contributed by atoms with van der Waals surface area (Å²) < 4.78 is 10.8. The van der Waals surface area contributed by atoms with Crippen LogP contribution in [0.25, 0.3) is 0 Å². The summed E-state index contributed by atoms with van der Waals surface area (Å²) in [5.41, 5.74) is 1.14. The molecule has 1 amide bonds. The molecule has 2 rings (SSSR count). The number of amides is 1. The van der Waals surface area contributed by atoms with Gasteiger partial charge in [0.2, 0.25) is 5.91 Å². The molecule has 6 heteroatoms. The number of piperazine rings is 1. The largest absolute Gasteiger partial charge is 0.491 e. The van der Waals surface area contributed by atoms with Crippen LogP contribution in [-0.2, 0) is 9.53 Å². The van der Waals surface area contributed by atoms with Gasteiger partial charge in [-0.2, -0.15) is 0 Å². The monoisotopic (exact) mass is 350 g/mol. The van der Waals surface area contributed by atoms with Crippen molar-refractivity contribution in [2.75, 3.05) is 53.0 Å². The number of carbonyl (C=O) groups is 1. The lowest BCUT2D eigenvalue weighted by molar-refractivity contribution is -0.137. The van der Waals surface area contributed by atoms with Crippen LogP contribution in [0.5, 0.6) is 5.75 Å². The van der Waals surface area contributed by atoms with Crippen LogP contribution in [0.15, 0.2) is 24.3 Å². The van der Waals surface area contributed by atoms with E-state index in [0.717, 1.165) is 17.9 Å². The highest BCUT2D eigenvalue weighted by molar-refractivity contribution is 5.79. The normalized spacial score (nSPS) is 17.2. The number of carbonyl (C=O) groups excluding carboxylic acids is 1. The third-order valence-corrected chi connectivity index (χ3v) is 4.40. The molecule has 1 N–H and O–H groups in total. The van der Waals surface area contributed by atoms with E-state index < -0.39 is 6.10 Å². The molecule has 0 aromatic heterocycles. The Kier molecular flexibility index (Phi) is 7.68. The fourth-order valence-electron chi connectivity index (χ4n) is 2.98. The predicted octanol–water partition coefficient (Wildman–Crippen LogP) is 1.34. The van der Waals surface area contributed by atoms with Crippen molar-refractivity contribution in [3.8, 4) is 5.75 Å². The van der Waals surface area contributed by atoms with Crippen molar-refractivity contribution < 1.29 is 19.4 Å². The summed E-state index contributed by atoms with van der Waals surface area (Å²) in [5.74, 6) is 1.27. The lowest BCUT2D eigenvalue weighted by atomic mass is 10.0. The summed E-state index contributed by atoms with van der Waals surface area (Å²) in [5, 5.41) is 10.3. The van der Waals surface area contributed by atoms with Gasteiger partial charge in [0.1, 0.15) is 18.5 Å². The topological polar surface area (TPSA) is 62.2 Å². The van der Waals surface area contributed by atoms with Crippen molar-refractivity contribution in [2.24, 2.45) is 0 Å². The number of methoxy groups -OCH3 is 1. The fourth-order valence-corrected chi connectivity index (χ4v) is 2.98. The van der Waals surface area contributed by atoms with Crippen molar-refractivity contribution in [1.82, 2.24) is 9.80 Å². The Morgan fingerprint density at radius 3 is 2.68 bits per heavy atom. The molecule has 6 nitrogen and oxygen atoms in total. The lowest BCUT2D eigenvalue weighted by Gasteiger charge is -2.35. The number of hydrogen-bond donors (Lipinski definition) is 1. The molecule has 1 unspecified atom stereocenters. The molecule has 1 aliphatic heterocycles. The Morgan fingerprint density at radius 1 is 1.24 bits per heavy atom. The first-order chi connectivity index (χ1) is 12.0. The van der Waals surface area contributed by atoms with Crippen LogP contribution in [0.1, 0.15) is 25.3 Å². The van der Waals surface area contributed by atoms with Crippen LogP contribution in [-0.4, -0.2) is 80.0 Å². The van der Waals surface area contributed by atoms with Gasteiger partial charge < -0.3 is 19.5 Å². The Hall–Kier alpha value is -1.63. The number of para-hydroxylation sites is 1. The predicted molar refractivity (Wildman–Crippen MR) is 96.9 cm³/mol. The number of nitrogens with zero attached hydrogens (tertiary/aromatic N) is 2. The first-order valence-corrected chi connectivity index (χ1v) is 8.90. The second kappa shape index (κ2) is 9.75. The van der Waals surface area contributed by atoms with E-state index in [0.29, 0.717) is 38.7 Å². The average molecular weight is 350 g/mol. The van der Waals surface area contributed by atoms with Gasteiger partial charge in [-0.05, 0) is 17.5 Å².